The molecule has 0 bridgehead atoms. The van der Waals surface area contributed by atoms with Crippen LogP contribution in [0.2, 0.25) is 0 Å². The molecule has 6 rings (SSSR count). The number of methoxy groups -OCH3 is 2. The Balaban J connectivity index is 1.29. The van der Waals surface area contributed by atoms with E-state index < -0.39 is 53.2 Å². The van der Waals surface area contributed by atoms with Crippen molar-refractivity contribution in [3.63, 3.8) is 0 Å². The van der Waals surface area contributed by atoms with E-state index in [2.05, 4.69) is 0 Å². The Kier molecular flexibility index (Phi) is 11.0. The van der Waals surface area contributed by atoms with Crippen molar-refractivity contribution >= 4 is 23.5 Å². The maximum absolute atomic E-state index is 17.7. The number of halogens is 5. The molecule has 0 spiro atoms. The van der Waals surface area contributed by atoms with Gasteiger partial charge in [0, 0.05) is 76.4 Å². The number of hydrogen-bond donors (Lipinski definition) is 1. The molecule has 0 aliphatic carbocycles. The van der Waals surface area contributed by atoms with Crippen LogP contribution in [0.1, 0.15) is 47.8 Å². The van der Waals surface area contributed by atoms with Crippen LogP contribution in [-0.4, -0.2) is 129 Å². The highest BCUT2D eigenvalue weighted by Crippen LogP contribution is 2.46. The van der Waals surface area contributed by atoms with Crippen molar-refractivity contribution in [2.24, 2.45) is 11.8 Å². The Morgan fingerprint density at radius 2 is 1.63 bits per heavy atom. The summed E-state index contributed by atoms with van der Waals surface area (Å²) in [6.45, 7) is 0.498. The molecular weight excluding hydrogens is 691 g/mol. The number of piperidine rings is 1. The first-order valence-corrected chi connectivity index (χ1v) is 17.7. The van der Waals surface area contributed by atoms with Crippen molar-refractivity contribution < 1.29 is 50.9 Å². The molecule has 10 nitrogen and oxygen atoms in total. The second-order valence-corrected chi connectivity index (χ2v) is 14.5. The number of amides is 2. The predicted molar refractivity (Wildman–Crippen MR) is 181 cm³/mol. The summed E-state index contributed by atoms with van der Waals surface area (Å²) in [5.74, 6) is -3.96. The molecule has 4 aliphatic rings. The van der Waals surface area contributed by atoms with Crippen LogP contribution in [0.5, 0.6) is 5.75 Å². The topological polar surface area (TPSA) is 103 Å². The standard InChI is InChI=1S/C37H45F5N4O6/c1-51-21-25-16-46(18-30(25)29-8-5-26(37(40,41)42)15-32(29)44-12-9-24(10-13-44)34(48)49)35(50)36(39)22-43(20-33(47)45-14-11-27(38)17-45)19-31(36)23-3-6-28(52-2)7-4-23/h3-8,15,24-25,27,30-31H,9-14,16-22H2,1-2H3,(H,48,49)/t25-,27+,30+,31+,36+/m1/s1. The third-order valence-electron chi connectivity index (χ3n) is 11.2. The molecule has 4 saturated heterocycles. The van der Waals surface area contributed by atoms with Crippen molar-refractivity contribution in [2.45, 2.75) is 49.1 Å². The zero-order chi connectivity index (χ0) is 37.4. The van der Waals surface area contributed by atoms with Gasteiger partial charge in [-0.25, -0.2) is 8.78 Å². The molecule has 15 heteroatoms. The van der Waals surface area contributed by atoms with Crippen LogP contribution in [0.4, 0.5) is 27.6 Å². The van der Waals surface area contributed by atoms with Crippen LogP contribution in [0.15, 0.2) is 42.5 Å². The van der Waals surface area contributed by atoms with Crippen molar-refractivity contribution in [2.75, 3.05) is 84.6 Å². The van der Waals surface area contributed by atoms with E-state index in [0.29, 0.717) is 22.6 Å². The molecular formula is C37H45F5N4O6. The van der Waals surface area contributed by atoms with Gasteiger partial charge in [0.1, 0.15) is 11.9 Å². The van der Waals surface area contributed by atoms with E-state index >= 15 is 4.39 Å². The number of rotatable bonds is 10. The number of anilines is 1. The molecule has 0 aromatic heterocycles. The zero-order valence-corrected chi connectivity index (χ0v) is 29.3. The highest BCUT2D eigenvalue weighted by molar-refractivity contribution is 5.88. The van der Waals surface area contributed by atoms with Crippen LogP contribution in [-0.2, 0) is 25.3 Å². The highest BCUT2D eigenvalue weighted by atomic mass is 19.4. The first-order chi connectivity index (χ1) is 24.7. The normalized spacial score (nSPS) is 27.4. The smallest absolute Gasteiger partial charge is 0.416 e. The SMILES string of the molecule is COC[C@H]1CN(C(=O)[C@]2(F)CN(CC(=O)N3CC[C@H](F)C3)C[C@H]2c2ccc(OC)cc2)C[C@@H]1c1ccc(C(F)(F)F)cc1N1CCC(C(=O)O)CC1. The summed E-state index contributed by atoms with van der Waals surface area (Å²) in [6, 6.07) is 10.2. The summed E-state index contributed by atoms with van der Waals surface area (Å²) in [7, 11) is 2.99. The van der Waals surface area contributed by atoms with E-state index in [1.807, 2.05) is 0 Å². The lowest BCUT2D eigenvalue weighted by Gasteiger charge is -2.35. The number of nitrogens with zero attached hydrogens (tertiary/aromatic N) is 4. The predicted octanol–water partition coefficient (Wildman–Crippen LogP) is 4.58. The van der Waals surface area contributed by atoms with Crippen LogP contribution in [0, 0.1) is 11.8 Å². The average molecular weight is 737 g/mol. The van der Waals surface area contributed by atoms with Gasteiger partial charge in [0.25, 0.3) is 5.91 Å². The van der Waals surface area contributed by atoms with E-state index in [9.17, 15) is 37.1 Å². The summed E-state index contributed by atoms with van der Waals surface area (Å²) in [5.41, 5.74) is -1.91. The van der Waals surface area contributed by atoms with Crippen molar-refractivity contribution in [3.8, 4) is 5.75 Å². The molecule has 52 heavy (non-hydrogen) atoms. The second-order valence-electron chi connectivity index (χ2n) is 14.5. The molecule has 0 unspecified atom stereocenters. The number of carboxylic acids is 1. The monoisotopic (exact) mass is 736 g/mol. The number of carbonyl (C=O) groups is 3. The summed E-state index contributed by atoms with van der Waals surface area (Å²) in [6.07, 6.45) is -4.95. The molecule has 1 N–H and O–H groups in total. The fourth-order valence-corrected chi connectivity index (χ4v) is 8.39. The van der Waals surface area contributed by atoms with E-state index in [0.717, 1.165) is 12.1 Å². The summed E-state index contributed by atoms with van der Waals surface area (Å²) in [4.78, 5) is 45.4. The molecule has 2 aromatic rings. The number of benzene rings is 2. The van der Waals surface area contributed by atoms with E-state index in [1.165, 1.54) is 30.1 Å². The van der Waals surface area contributed by atoms with E-state index in [1.54, 1.807) is 34.1 Å². The van der Waals surface area contributed by atoms with Crippen molar-refractivity contribution in [3.05, 3.63) is 59.2 Å². The lowest BCUT2D eigenvalue weighted by Crippen LogP contribution is -2.50. The fraction of sp³-hybridized carbons (Fsp3) is 0.595. The Labute approximate surface area is 299 Å². The van der Waals surface area contributed by atoms with Gasteiger partial charge in [0.15, 0.2) is 0 Å². The molecule has 2 aromatic carbocycles. The third kappa shape index (κ3) is 7.71. The number of carbonyl (C=O) groups excluding carboxylic acids is 2. The lowest BCUT2D eigenvalue weighted by molar-refractivity contribution is -0.144. The summed E-state index contributed by atoms with van der Waals surface area (Å²) in [5, 5.41) is 9.50. The van der Waals surface area contributed by atoms with Gasteiger partial charge in [-0.3, -0.25) is 19.3 Å². The minimum atomic E-state index is -4.62. The van der Waals surface area contributed by atoms with E-state index in [4.69, 9.17) is 9.47 Å². The van der Waals surface area contributed by atoms with Crippen LogP contribution < -0.4 is 9.64 Å². The van der Waals surface area contributed by atoms with Gasteiger partial charge in [-0.2, -0.15) is 13.2 Å². The highest BCUT2D eigenvalue weighted by Gasteiger charge is 2.57. The molecule has 0 radical (unpaired) electrons. The minimum absolute atomic E-state index is 0.0163. The Morgan fingerprint density at radius 1 is 0.923 bits per heavy atom. The molecule has 2 amide bonds. The molecule has 4 aliphatic heterocycles. The molecule has 5 atom stereocenters. The number of hydrogen-bond acceptors (Lipinski definition) is 7. The minimum Gasteiger partial charge on any atom is -0.497 e. The van der Waals surface area contributed by atoms with Crippen molar-refractivity contribution in [1.29, 1.82) is 0 Å². The van der Waals surface area contributed by atoms with Gasteiger partial charge in [-0.1, -0.05) is 18.2 Å². The Morgan fingerprint density at radius 3 is 2.23 bits per heavy atom. The molecule has 4 fully saturated rings. The fourth-order valence-electron chi connectivity index (χ4n) is 8.39. The Bertz CT molecular complexity index is 1620. The van der Waals surface area contributed by atoms with Crippen LogP contribution >= 0.6 is 0 Å². The number of likely N-dealkylation sites (tertiary alicyclic amines) is 3. The van der Waals surface area contributed by atoms with Gasteiger partial charge < -0.3 is 29.3 Å². The van der Waals surface area contributed by atoms with E-state index in [-0.39, 0.29) is 96.6 Å². The molecule has 4 heterocycles. The van der Waals surface area contributed by atoms with Crippen molar-refractivity contribution in [1.82, 2.24) is 14.7 Å². The number of aliphatic carboxylic acids is 1. The third-order valence-corrected chi connectivity index (χ3v) is 11.2. The quantitative estimate of drug-likeness (QED) is 0.354. The van der Waals surface area contributed by atoms with Crippen LogP contribution in [0.3, 0.4) is 0 Å². The summed E-state index contributed by atoms with van der Waals surface area (Å²) < 4.78 is 84.2. The van der Waals surface area contributed by atoms with Gasteiger partial charge >= 0.3 is 12.1 Å². The molecule has 284 valence electrons. The number of ether oxygens (including phenoxy) is 2. The number of carboxylic acid groups (broad SMARTS) is 1. The Hall–Kier alpha value is -3.98. The zero-order valence-electron chi connectivity index (χ0n) is 29.3. The second kappa shape index (κ2) is 15.2. The lowest BCUT2D eigenvalue weighted by atomic mass is 9.85. The van der Waals surface area contributed by atoms with Gasteiger partial charge in [-0.05, 0) is 54.7 Å². The summed E-state index contributed by atoms with van der Waals surface area (Å²) >= 11 is 0. The maximum Gasteiger partial charge on any atom is 0.416 e. The van der Waals surface area contributed by atoms with Gasteiger partial charge in [0.2, 0.25) is 11.6 Å². The largest absolute Gasteiger partial charge is 0.497 e. The number of alkyl halides is 5. The first-order valence-electron chi connectivity index (χ1n) is 17.7. The van der Waals surface area contributed by atoms with Crippen LogP contribution in [0.25, 0.3) is 0 Å². The average Bonchev–Trinajstić information content (AvgIpc) is 3.84. The maximum atomic E-state index is 17.7. The first kappa shape index (κ1) is 37.8. The molecule has 0 saturated carbocycles. The van der Waals surface area contributed by atoms with Gasteiger partial charge in [0.05, 0.1) is 38.3 Å². The van der Waals surface area contributed by atoms with Gasteiger partial charge in [-0.15, -0.1) is 0 Å².